The molecule has 0 unspecified atom stereocenters. The smallest absolute Gasteiger partial charge is 0.241 e. The Labute approximate surface area is 89.6 Å². The number of anilines is 1. The first kappa shape index (κ1) is 11.1. The quantitative estimate of drug-likeness (QED) is 0.700. The van der Waals surface area contributed by atoms with Crippen molar-refractivity contribution in [1.82, 2.24) is 0 Å². The Balaban J connectivity index is 2.57. The molecule has 0 N–H and O–H groups in total. The molecule has 0 heterocycles. The molecular formula is C11H13ClNO. The zero-order valence-electron chi connectivity index (χ0n) is 8.16. The van der Waals surface area contributed by atoms with Crippen LogP contribution in [0.3, 0.4) is 0 Å². The van der Waals surface area contributed by atoms with Crippen LogP contribution in [-0.2, 0) is 4.79 Å². The lowest BCUT2D eigenvalue weighted by atomic mass is 10.2. The molecule has 0 fully saturated rings. The number of benzene rings is 1. The highest BCUT2D eigenvalue weighted by Gasteiger charge is 2.11. The largest absolute Gasteiger partial charge is 0.273 e. The fourth-order valence-corrected chi connectivity index (χ4v) is 1.26. The summed E-state index contributed by atoms with van der Waals surface area (Å²) in [5.74, 6) is -0.0732. The molecule has 0 aromatic heterocycles. The van der Waals surface area contributed by atoms with E-state index in [2.05, 4.69) is 6.07 Å². The van der Waals surface area contributed by atoms with E-state index >= 15 is 0 Å². The number of para-hydroxylation sites is 1. The molecule has 14 heavy (non-hydrogen) atoms. The Kier molecular flexibility index (Phi) is 4.47. The van der Waals surface area contributed by atoms with E-state index in [0.717, 1.165) is 17.3 Å². The van der Waals surface area contributed by atoms with Crippen LogP contribution in [0.25, 0.3) is 0 Å². The molecule has 1 rings (SSSR count). The number of carbonyl (C=O) groups is 1. The zero-order valence-corrected chi connectivity index (χ0v) is 8.92. The second kappa shape index (κ2) is 5.66. The van der Waals surface area contributed by atoms with Crippen LogP contribution in [0.1, 0.15) is 26.2 Å². The molecule has 0 saturated carbocycles. The molecule has 0 aliphatic heterocycles. The van der Waals surface area contributed by atoms with Gasteiger partial charge in [-0.15, -0.1) is 0 Å². The first-order valence-corrected chi connectivity index (χ1v) is 5.05. The summed E-state index contributed by atoms with van der Waals surface area (Å²) in [4.78, 5) is 11.5. The number of hydrogen-bond donors (Lipinski definition) is 0. The Morgan fingerprint density at radius 3 is 2.93 bits per heavy atom. The lowest BCUT2D eigenvalue weighted by Crippen LogP contribution is -2.20. The van der Waals surface area contributed by atoms with Gasteiger partial charge in [0.2, 0.25) is 5.91 Å². The zero-order chi connectivity index (χ0) is 10.4. The monoisotopic (exact) mass is 210 g/mol. The van der Waals surface area contributed by atoms with Gasteiger partial charge in [-0.2, -0.15) is 0 Å². The predicted octanol–water partition coefficient (Wildman–Crippen LogP) is 3.16. The van der Waals surface area contributed by atoms with Crippen molar-refractivity contribution >= 4 is 23.4 Å². The molecule has 2 nitrogen and oxygen atoms in total. The number of nitrogens with zero attached hydrogens (tertiary/aromatic N) is 1. The second-order valence-electron chi connectivity index (χ2n) is 3.03. The van der Waals surface area contributed by atoms with Crippen molar-refractivity contribution in [3.63, 3.8) is 0 Å². The average Bonchev–Trinajstić information content (AvgIpc) is 2.26. The number of unbranched alkanes of at least 4 members (excludes halogenated alkanes) is 1. The Bertz CT molecular complexity index is 287. The summed E-state index contributed by atoms with van der Waals surface area (Å²) < 4.78 is 1.13. The Morgan fingerprint density at radius 1 is 1.57 bits per heavy atom. The van der Waals surface area contributed by atoms with E-state index < -0.39 is 0 Å². The number of rotatable bonds is 4. The fourth-order valence-electron chi connectivity index (χ4n) is 1.07. The van der Waals surface area contributed by atoms with Crippen LogP contribution < -0.4 is 4.42 Å². The number of amides is 1. The summed E-state index contributed by atoms with van der Waals surface area (Å²) in [6.07, 6.45) is 2.35. The maximum Gasteiger partial charge on any atom is 0.241 e. The first-order valence-electron chi connectivity index (χ1n) is 4.71. The van der Waals surface area contributed by atoms with Gasteiger partial charge in [-0.1, -0.05) is 31.5 Å². The number of halogens is 1. The topological polar surface area (TPSA) is 20.3 Å². The van der Waals surface area contributed by atoms with E-state index in [-0.39, 0.29) is 5.91 Å². The highest BCUT2D eigenvalue weighted by atomic mass is 35.5. The van der Waals surface area contributed by atoms with Crippen molar-refractivity contribution in [3.05, 3.63) is 30.3 Å². The minimum atomic E-state index is -0.0732. The van der Waals surface area contributed by atoms with Gasteiger partial charge in [0, 0.05) is 24.3 Å². The minimum absolute atomic E-state index is 0.0732. The molecule has 1 amide bonds. The predicted molar refractivity (Wildman–Crippen MR) is 58.1 cm³/mol. The Hall–Kier alpha value is -1.02. The van der Waals surface area contributed by atoms with E-state index in [0.29, 0.717) is 12.1 Å². The van der Waals surface area contributed by atoms with Gasteiger partial charge in [0.15, 0.2) is 0 Å². The van der Waals surface area contributed by atoms with Crippen LogP contribution in [0.5, 0.6) is 0 Å². The Morgan fingerprint density at radius 2 is 2.36 bits per heavy atom. The van der Waals surface area contributed by atoms with Gasteiger partial charge in [-0.3, -0.25) is 4.79 Å². The van der Waals surface area contributed by atoms with E-state index in [1.165, 1.54) is 0 Å². The summed E-state index contributed by atoms with van der Waals surface area (Å²) >= 11 is 5.84. The van der Waals surface area contributed by atoms with Crippen molar-refractivity contribution in [2.75, 3.05) is 4.42 Å². The van der Waals surface area contributed by atoms with Crippen molar-refractivity contribution in [3.8, 4) is 0 Å². The summed E-state index contributed by atoms with van der Waals surface area (Å²) in [5.41, 5.74) is 0.607. The van der Waals surface area contributed by atoms with Crippen LogP contribution in [0.4, 0.5) is 5.69 Å². The van der Waals surface area contributed by atoms with Crippen LogP contribution >= 0.6 is 11.8 Å². The first-order chi connectivity index (χ1) is 6.75. The average molecular weight is 211 g/mol. The molecule has 0 atom stereocenters. The van der Waals surface area contributed by atoms with E-state index in [1.807, 2.05) is 19.1 Å². The van der Waals surface area contributed by atoms with Gasteiger partial charge < -0.3 is 0 Å². The molecule has 0 spiro atoms. The summed E-state index contributed by atoms with van der Waals surface area (Å²) in [6.45, 7) is 2.04. The van der Waals surface area contributed by atoms with Gasteiger partial charge >= 0.3 is 0 Å². The van der Waals surface area contributed by atoms with Crippen LogP contribution in [0.15, 0.2) is 24.3 Å². The number of carbonyl (C=O) groups excluding carboxylic acids is 1. The van der Waals surface area contributed by atoms with Crippen LogP contribution in [0.2, 0.25) is 0 Å². The molecular weight excluding hydrogens is 198 g/mol. The fraction of sp³-hybridized carbons (Fsp3) is 0.364. The molecule has 75 valence electrons. The normalized spacial score (nSPS) is 9.86. The van der Waals surface area contributed by atoms with E-state index in [1.54, 1.807) is 12.1 Å². The molecule has 1 radical (unpaired) electrons. The number of hydrogen-bond acceptors (Lipinski definition) is 1. The van der Waals surface area contributed by atoms with Gasteiger partial charge in [0.25, 0.3) is 0 Å². The summed E-state index contributed by atoms with van der Waals surface area (Å²) in [7, 11) is 0. The van der Waals surface area contributed by atoms with Crippen molar-refractivity contribution in [2.45, 2.75) is 26.2 Å². The van der Waals surface area contributed by atoms with Gasteiger partial charge in [-0.25, -0.2) is 4.42 Å². The van der Waals surface area contributed by atoms with Crippen molar-refractivity contribution < 1.29 is 4.79 Å². The van der Waals surface area contributed by atoms with Crippen molar-refractivity contribution in [1.29, 1.82) is 0 Å². The molecule has 0 aliphatic carbocycles. The molecule has 3 heteroatoms. The minimum Gasteiger partial charge on any atom is -0.273 e. The van der Waals surface area contributed by atoms with Gasteiger partial charge in [-0.05, 0) is 12.5 Å². The highest BCUT2D eigenvalue weighted by Crippen LogP contribution is 2.16. The van der Waals surface area contributed by atoms with Crippen LogP contribution in [0, 0.1) is 6.07 Å². The lowest BCUT2D eigenvalue weighted by Gasteiger charge is -2.12. The third kappa shape index (κ3) is 3.04. The molecule has 0 aliphatic rings. The third-order valence-electron chi connectivity index (χ3n) is 1.87. The maximum absolute atomic E-state index is 11.5. The van der Waals surface area contributed by atoms with Gasteiger partial charge in [0.1, 0.15) is 0 Å². The van der Waals surface area contributed by atoms with E-state index in [9.17, 15) is 4.79 Å². The standard InChI is InChI=1S/C11H13ClNO/c1-2-3-9-11(14)13(12)10-7-5-4-6-8-10/h4-7H,2-3,9H2,1H3. The van der Waals surface area contributed by atoms with Crippen molar-refractivity contribution in [2.24, 2.45) is 0 Å². The second-order valence-corrected chi connectivity index (χ2v) is 3.36. The molecule has 0 bridgehead atoms. The lowest BCUT2D eigenvalue weighted by molar-refractivity contribution is -0.117. The summed E-state index contributed by atoms with van der Waals surface area (Å²) in [5, 5.41) is 0. The van der Waals surface area contributed by atoms with E-state index in [4.69, 9.17) is 11.8 Å². The summed E-state index contributed by atoms with van der Waals surface area (Å²) in [6, 6.07) is 10.1. The SMILES string of the molecule is CCCCC(=O)N(Cl)c1[c]cccc1. The van der Waals surface area contributed by atoms with Gasteiger partial charge in [0.05, 0.1) is 5.69 Å². The molecule has 1 aromatic carbocycles. The van der Waals surface area contributed by atoms with Crippen LogP contribution in [-0.4, -0.2) is 5.91 Å². The maximum atomic E-state index is 11.5. The molecule has 1 aromatic rings. The highest BCUT2D eigenvalue weighted by molar-refractivity contribution is 6.36. The molecule has 0 saturated heterocycles. The third-order valence-corrected chi connectivity index (χ3v) is 2.24.